The summed E-state index contributed by atoms with van der Waals surface area (Å²) in [4.78, 5) is 24.3. The van der Waals surface area contributed by atoms with Crippen molar-refractivity contribution in [2.24, 2.45) is 0 Å². The molecule has 2 aromatic heterocycles. The number of rotatable bonds is 6. The molecule has 479 valence electrons. The fourth-order valence-electron chi connectivity index (χ4n) is 4.71. The van der Waals surface area contributed by atoms with Crippen LogP contribution in [-0.2, 0) is 29.1 Å². The molecule has 0 unspecified atom stereocenters. The number of terminal acetylenes is 1. The molecule has 0 radical (unpaired) electrons. The molecule has 0 spiro atoms. The van der Waals surface area contributed by atoms with Crippen LogP contribution >= 0.6 is 174 Å². The Bertz CT molecular complexity index is 3590. The number of ether oxygens (including phenoxy) is 3. The molecule has 0 amide bonds. The van der Waals surface area contributed by atoms with Gasteiger partial charge in [-0.2, -0.15) is 27.4 Å². The zero-order chi connectivity index (χ0) is 67.8. The van der Waals surface area contributed by atoms with E-state index in [9.17, 15) is 0 Å². The fraction of sp³-hybridized carbons (Fsp3) is 0.217. The number of carbonyl (C=O) groups excluding carboxylic acids is 1. The van der Waals surface area contributed by atoms with E-state index in [0.717, 1.165) is 47.6 Å². The minimum absolute atomic E-state index is 0. The van der Waals surface area contributed by atoms with E-state index in [2.05, 4.69) is 281 Å². The van der Waals surface area contributed by atoms with Crippen LogP contribution in [0.4, 0.5) is 23.5 Å². The van der Waals surface area contributed by atoms with Crippen molar-refractivity contribution < 1.29 is 53.5 Å². The van der Waals surface area contributed by atoms with E-state index in [1.54, 1.807) is 39.2 Å². The molecule has 0 saturated heterocycles. The second-order valence-corrected chi connectivity index (χ2v) is 42.8. The monoisotopic (exact) mass is 2200 g/mol. The first-order valence-corrected chi connectivity index (χ1v) is 44.5. The van der Waals surface area contributed by atoms with Gasteiger partial charge in [0.25, 0.3) is 0 Å². The van der Waals surface area contributed by atoms with Crippen molar-refractivity contribution in [1.29, 1.82) is 10.5 Å². The number of anilines is 4. The number of aromatic hydroxyl groups is 2. The van der Waals surface area contributed by atoms with Crippen molar-refractivity contribution in [3.8, 4) is 87.3 Å². The summed E-state index contributed by atoms with van der Waals surface area (Å²) >= 11 is 19.8. The van der Waals surface area contributed by atoms with Crippen LogP contribution in [0.5, 0.6) is 40.2 Å². The molecule has 89 heavy (non-hydrogen) atoms. The summed E-state index contributed by atoms with van der Waals surface area (Å²) in [5.74, 6) is 10.7. The van der Waals surface area contributed by atoms with Gasteiger partial charge in [0.15, 0.2) is 29.7 Å². The number of hydrogen-bond donors (Lipinski definition) is 6. The number of nitrogens with zero attached hydrogens (tertiary/aromatic N) is 6. The van der Waals surface area contributed by atoms with Gasteiger partial charge in [0.05, 0.1) is 40.1 Å². The summed E-state index contributed by atoms with van der Waals surface area (Å²) in [6, 6.07) is 34.0. The predicted molar refractivity (Wildman–Crippen MR) is 428 cm³/mol. The molecule has 5 aromatic carbocycles. The van der Waals surface area contributed by atoms with E-state index in [-0.39, 0.29) is 37.6 Å². The number of nitrogen functional groups attached to an aromatic ring is 4. The molecule has 29 heteroatoms. The minimum atomic E-state index is -1.53. The predicted octanol–water partition coefficient (Wildman–Crippen LogP) is 17.0. The molecular formula is C60H67AgBrI7N10O7Si3-. The quantitative estimate of drug-likeness (QED) is 0.0296. The van der Waals surface area contributed by atoms with Gasteiger partial charge in [-0.05, 0) is 249 Å². The number of aromatic nitrogens is 4. The van der Waals surface area contributed by atoms with Gasteiger partial charge in [-0.25, -0.2) is 9.97 Å². The Kier molecular flexibility index (Phi) is 49.6. The molecule has 0 aliphatic carbocycles. The number of nitriles is 2. The van der Waals surface area contributed by atoms with Gasteiger partial charge in [0.2, 0.25) is 11.9 Å². The van der Waals surface area contributed by atoms with Crippen LogP contribution in [0.1, 0.15) is 25.5 Å². The third kappa shape index (κ3) is 45.5. The van der Waals surface area contributed by atoms with Crippen molar-refractivity contribution in [3.63, 3.8) is 0 Å². The molecule has 17 nitrogen and oxygen atoms in total. The Morgan fingerprint density at radius 2 is 1.01 bits per heavy atom. The molecular weight excluding hydrogens is 2130 g/mol. The number of phenolic OH excluding ortho intramolecular Hbond substituents is 2. The average molecular weight is 2200 g/mol. The Morgan fingerprint density at radius 1 is 0.596 bits per heavy atom. The van der Waals surface area contributed by atoms with Gasteiger partial charge in [-0.3, -0.25) is 6.29 Å². The van der Waals surface area contributed by atoms with Crippen molar-refractivity contribution in [3.05, 3.63) is 146 Å². The molecule has 0 aliphatic heterocycles. The van der Waals surface area contributed by atoms with Gasteiger partial charge in [0.1, 0.15) is 59.0 Å². The number of phenols is 2. The fourth-order valence-corrected chi connectivity index (χ4v) is 8.94. The maximum atomic E-state index is 9.09. The molecule has 7 rings (SSSR count). The maximum absolute atomic E-state index is 9.09. The summed E-state index contributed by atoms with van der Waals surface area (Å²) in [6.45, 7) is 21.1. The summed E-state index contributed by atoms with van der Waals surface area (Å²) in [5, 5.41) is 34.2. The van der Waals surface area contributed by atoms with E-state index < -0.39 is 24.2 Å². The third-order valence-electron chi connectivity index (χ3n) is 8.47. The van der Waals surface area contributed by atoms with Crippen molar-refractivity contribution in [2.75, 3.05) is 34.9 Å². The van der Waals surface area contributed by atoms with E-state index in [0.29, 0.717) is 34.1 Å². The summed E-state index contributed by atoms with van der Waals surface area (Å²) in [5.41, 5.74) is 33.7. The molecule has 2 heterocycles. The molecule has 7 aromatic rings. The Morgan fingerprint density at radius 3 is 1.39 bits per heavy atom. The van der Waals surface area contributed by atoms with Crippen LogP contribution in [0.25, 0.3) is 0 Å². The van der Waals surface area contributed by atoms with Crippen LogP contribution in [0.2, 0.25) is 58.9 Å². The number of benzene rings is 5. The van der Waals surface area contributed by atoms with Gasteiger partial charge < -0.3 is 52.2 Å². The SMILES string of the molecule is C.C#C[Si](C)(C)C.C[C-]=O.C[Si](C)(C)C#Cc1ccc(C#C[Si](C)(C)C)c(Oc2cnc(N)nc2N)c1.N#CCBr.N#CCOc1cc(I)ccc1I.Nc1ncc(Oc2cc(I)ccc2I)c(N)n1.Oc1cc(I)ccc1I.Oc1cccc(I)c1.[O]=[Ag]. The summed E-state index contributed by atoms with van der Waals surface area (Å²) in [7, 11) is -4.11. The van der Waals surface area contributed by atoms with E-state index >= 15 is 0 Å². The van der Waals surface area contributed by atoms with E-state index in [1.165, 1.54) is 25.6 Å². The molecule has 0 fully saturated rings. The number of hydrogen-bond acceptors (Lipinski definition) is 17. The molecule has 0 aliphatic rings. The van der Waals surface area contributed by atoms with Crippen LogP contribution < -0.4 is 37.1 Å². The van der Waals surface area contributed by atoms with Crippen LogP contribution in [0, 0.1) is 82.5 Å². The zero-order valence-corrected chi connectivity index (χ0v) is 70.3. The van der Waals surface area contributed by atoms with Crippen molar-refractivity contribution in [2.45, 2.75) is 73.3 Å². The topological polar surface area (TPSA) is 306 Å². The average Bonchev–Trinajstić information content (AvgIpc) is 3.66. The Balaban J connectivity index is -0.00000103. The van der Waals surface area contributed by atoms with Crippen LogP contribution in [0.3, 0.4) is 0 Å². The summed E-state index contributed by atoms with van der Waals surface area (Å²) in [6.07, 6.45) is 9.55. The summed E-state index contributed by atoms with van der Waals surface area (Å²) < 4.78 is 32.1. The van der Waals surface area contributed by atoms with Crippen molar-refractivity contribution >= 4 is 228 Å². The Hall–Kier alpha value is -3.43. The molecule has 10 N–H and O–H groups in total. The third-order valence-corrected chi connectivity index (χ3v) is 16.7. The number of alkyl halides is 1. The standard InChI is InChI=1S/C20H26N4OSi2.C10H8I2N4O.C8H5I2NO.C6H4I2O.C6H5IO.C5H10Si.C2H2BrN.C2H3O.CH4.Ag.O/c1-26(2,3)11-9-15-7-8-16(10-12-27(4,5)6)17(13-15)25-18-14-23-20(22)24-19(18)21;11-5-1-2-6(12)7(3-5)17-8-4-15-10(14)16-9(8)13;9-6-1-2-7(10)8(5-6)12-4-3-11;7-4-1-2-5(8)6(9)3-4;7-5-2-1-3-6(8)4-5;1-5-6(2,3)4;3-1-2-4;1-2-3;;;/h7-8,13-14H,1-6H3,(H4,21,22,23,24);1-4H,(H4,13,14,15,16);1-2,5H,4H2;1-3,9H;1-4,8H;1H,2-4H3;1H2;1H3;1H4;;/q;;;;;;;-1;;;. The first kappa shape index (κ1) is 89.8. The Labute approximate surface area is 643 Å². The second kappa shape index (κ2) is 49.2. The second-order valence-electron chi connectivity index (χ2n) is 19.4. The van der Waals surface area contributed by atoms with E-state index in [4.69, 9.17) is 72.4 Å². The first-order valence-electron chi connectivity index (χ1n) is 24.7. The molecule has 0 atom stereocenters. The van der Waals surface area contributed by atoms with Gasteiger partial charge >= 0.3 is 24.3 Å². The van der Waals surface area contributed by atoms with Gasteiger partial charge in [0, 0.05) is 19.8 Å². The number of halogens is 8. The molecule has 0 saturated carbocycles. The van der Waals surface area contributed by atoms with Crippen LogP contribution in [0.15, 0.2) is 109 Å². The first-order chi connectivity index (χ1) is 41.1. The molecule has 0 bridgehead atoms. The van der Waals surface area contributed by atoms with Gasteiger partial charge in [-0.1, -0.05) is 100 Å². The number of nitrogens with two attached hydrogens (primary N) is 4. The van der Waals surface area contributed by atoms with Crippen LogP contribution in [-0.4, -0.2) is 72.6 Å². The zero-order valence-electron chi connectivity index (χ0n) is 49.1. The van der Waals surface area contributed by atoms with Crippen molar-refractivity contribution in [1.82, 2.24) is 19.9 Å². The normalized spacial score (nSPS) is 9.45. The van der Waals surface area contributed by atoms with E-state index in [1.807, 2.05) is 91.0 Å². The van der Waals surface area contributed by atoms with Gasteiger partial charge in [-0.15, -0.1) is 23.1 Å².